The Hall–Kier alpha value is -1.42. The van der Waals surface area contributed by atoms with E-state index in [9.17, 15) is 9.18 Å². The normalized spacial score (nSPS) is 11.4. The first-order chi connectivity index (χ1) is 8.36. The van der Waals surface area contributed by atoms with Crippen LogP contribution in [0, 0.1) is 5.82 Å². The minimum Gasteiger partial charge on any atom is -0.496 e. The van der Waals surface area contributed by atoms with Gasteiger partial charge in [-0.05, 0) is 25.1 Å². The van der Waals surface area contributed by atoms with Crippen molar-refractivity contribution in [2.45, 2.75) is 26.2 Å². The number of benzene rings is 1. The molecule has 0 aliphatic rings. The summed E-state index contributed by atoms with van der Waals surface area (Å²) in [4.78, 5) is 10.9. The lowest BCUT2D eigenvalue weighted by molar-refractivity contribution is -0.116. The second-order valence-electron chi connectivity index (χ2n) is 5.03. The summed E-state index contributed by atoms with van der Waals surface area (Å²) in [5, 5.41) is 3.07. The largest absolute Gasteiger partial charge is 0.496 e. The first-order valence-corrected chi connectivity index (χ1v) is 5.91. The summed E-state index contributed by atoms with van der Waals surface area (Å²) in [6.07, 6.45) is 0. The van der Waals surface area contributed by atoms with E-state index in [2.05, 4.69) is 5.32 Å². The van der Waals surface area contributed by atoms with E-state index < -0.39 is 0 Å². The number of carbonyl (C=O) groups is 1. The predicted molar refractivity (Wildman–Crippen MR) is 69.5 cm³/mol. The lowest BCUT2D eigenvalue weighted by Crippen LogP contribution is -2.35. The topological polar surface area (TPSA) is 38.3 Å². The van der Waals surface area contributed by atoms with Gasteiger partial charge in [0.1, 0.15) is 17.3 Å². The van der Waals surface area contributed by atoms with Crippen molar-refractivity contribution in [3.63, 3.8) is 0 Å². The molecule has 4 heteroatoms. The number of hydrogen-bond acceptors (Lipinski definition) is 3. The molecule has 0 fully saturated rings. The molecule has 0 spiro atoms. The molecular weight excluding hydrogens is 233 g/mol. The van der Waals surface area contributed by atoms with Gasteiger partial charge in [-0.15, -0.1) is 0 Å². The monoisotopic (exact) mass is 253 g/mol. The van der Waals surface area contributed by atoms with Crippen molar-refractivity contribution in [3.05, 3.63) is 29.6 Å². The van der Waals surface area contributed by atoms with E-state index in [0.717, 1.165) is 5.56 Å². The van der Waals surface area contributed by atoms with Crippen molar-refractivity contribution >= 4 is 5.78 Å². The van der Waals surface area contributed by atoms with E-state index >= 15 is 0 Å². The van der Waals surface area contributed by atoms with Crippen LogP contribution in [0.25, 0.3) is 0 Å². The first kappa shape index (κ1) is 14.6. The summed E-state index contributed by atoms with van der Waals surface area (Å²) in [7, 11) is 1.57. The van der Waals surface area contributed by atoms with E-state index in [-0.39, 0.29) is 17.0 Å². The fourth-order valence-electron chi connectivity index (χ4n) is 1.86. The van der Waals surface area contributed by atoms with Gasteiger partial charge < -0.3 is 10.1 Å². The summed E-state index contributed by atoms with van der Waals surface area (Å²) in [6, 6.07) is 4.48. The molecule has 0 heterocycles. The third kappa shape index (κ3) is 3.81. The summed E-state index contributed by atoms with van der Waals surface area (Å²) in [5.74, 6) is 0.452. The number of carbonyl (C=O) groups excluding carboxylic acids is 1. The molecule has 0 saturated heterocycles. The molecule has 1 aromatic rings. The highest BCUT2D eigenvalue weighted by Gasteiger charge is 2.24. The van der Waals surface area contributed by atoms with Gasteiger partial charge in [-0.1, -0.05) is 13.8 Å². The van der Waals surface area contributed by atoms with Crippen LogP contribution in [0.3, 0.4) is 0 Å². The number of methoxy groups -OCH3 is 1. The number of ether oxygens (including phenoxy) is 1. The average molecular weight is 253 g/mol. The van der Waals surface area contributed by atoms with Crippen LogP contribution in [0.1, 0.15) is 26.3 Å². The number of ketones is 1. The van der Waals surface area contributed by atoms with Gasteiger partial charge in [0.05, 0.1) is 13.7 Å². The molecule has 1 N–H and O–H groups in total. The van der Waals surface area contributed by atoms with Crippen molar-refractivity contribution in [1.82, 2.24) is 5.32 Å². The Balaban J connectivity index is 2.88. The zero-order valence-electron chi connectivity index (χ0n) is 11.3. The standard InChI is InChI=1S/C14H20FNO2/c1-10(17)8-16-9-14(2,3)12-7-11(15)5-6-13(12)18-4/h5-7,16H,8-9H2,1-4H3. The van der Waals surface area contributed by atoms with Crippen molar-refractivity contribution in [2.24, 2.45) is 0 Å². The van der Waals surface area contributed by atoms with Crippen LogP contribution in [0.15, 0.2) is 18.2 Å². The molecule has 0 radical (unpaired) electrons. The third-order valence-corrected chi connectivity index (χ3v) is 2.83. The molecule has 0 aliphatic heterocycles. The maximum Gasteiger partial charge on any atom is 0.143 e. The molecule has 0 bridgehead atoms. The molecule has 1 rings (SSSR count). The van der Waals surface area contributed by atoms with Crippen LogP contribution >= 0.6 is 0 Å². The highest BCUT2D eigenvalue weighted by atomic mass is 19.1. The summed E-state index contributed by atoms with van der Waals surface area (Å²) >= 11 is 0. The molecule has 3 nitrogen and oxygen atoms in total. The van der Waals surface area contributed by atoms with E-state index in [0.29, 0.717) is 18.8 Å². The molecule has 100 valence electrons. The molecule has 0 atom stereocenters. The molecular formula is C14H20FNO2. The maximum absolute atomic E-state index is 13.3. The van der Waals surface area contributed by atoms with E-state index in [4.69, 9.17) is 4.74 Å². The third-order valence-electron chi connectivity index (χ3n) is 2.83. The van der Waals surface area contributed by atoms with Crippen molar-refractivity contribution in [1.29, 1.82) is 0 Å². The summed E-state index contributed by atoms with van der Waals surface area (Å²) < 4.78 is 18.6. The van der Waals surface area contributed by atoms with E-state index in [1.54, 1.807) is 13.2 Å². The lowest BCUT2D eigenvalue weighted by Gasteiger charge is -2.27. The van der Waals surface area contributed by atoms with E-state index in [1.165, 1.54) is 19.1 Å². The van der Waals surface area contributed by atoms with Gasteiger partial charge in [0, 0.05) is 17.5 Å². The number of Topliss-reactive ketones (excluding diaryl/α,β-unsaturated/α-hetero) is 1. The Morgan fingerprint density at radius 2 is 2.11 bits per heavy atom. The Kier molecular flexibility index (Phi) is 4.84. The van der Waals surface area contributed by atoms with Crippen LogP contribution in [-0.4, -0.2) is 26.0 Å². The van der Waals surface area contributed by atoms with Crippen LogP contribution < -0.4 is 10.1 Å². The number of halogens is 1. The fourth-order valence-corrected chi connectivity index (χ4v) is 1.86. The first-order valence-electron chi connectivity index (χ1n) is 5.91. The Morgan fingerprint density at radius 1 is 1.44 bits per heavy atom. The van der Waals surface area contributed by atoms with Crippen LogP contribution in [0.5, 0.6) is 5.75 Å². The highest BCUT2D eigenvalue weighted by Crippen LogP contribution is 2.31. The fraction of sp³-hybridized carbons (Fsp3) is 0.500. The molecule has 0 unspecified atom stereocenters. The van der Waals surface area contributed by atoms with Gasteiger partial charge in [0.2, 0.25) is 0 Å². The average Bonchev–Trinajstić information content (AvgIpc) is 2.28. The number of nitrogens with one attached hydrogen (secondary N) is 1. The molecule has 0 saturated carbocycles. The van der Waals surface area contributed by atoms with Crippen LogP contribution in [-0.2, 0) is 10.2 Å². The quantitative estimate of drug-likeness (QED) is 0.845. The Labute approximate surface area is 107 Å². The van der Waals surface area contributed by atoms with Gasteiger partial charge in [-0.2, -0.15) is 0 Å². The second kappa shape index (κ2) is 5.96. The van der Waals surface area contributed by atoms with Crippen LogP contribution in [0.2, 0.25) is 0 Å². The highest BCUT2D eigenvalue weighted by molar-refractivity contribution is 5.77. The van der Waals surface area contributed by atoms with Crippen LogP contribution in [0.4, 0.5) is 4.39 Å². The number of hydrogen-bond donors (Lipinski definition) is 1. The Bertz CT molecular complexity index is 430. The predicted octanol–water partition coefficient (Wildman–Crippen LogP) is 2.29. The van der Waals surface area contributed by atoms with Gasteiger partial charge in [0.25, 0.3) is 0 Å². The van der Waals surface area contributed by atoms with Gasteiger partial charge >= 0.3 is 0 Å². The minimum absolute atomic E-state index is 0.0806. The molecule has 0 aliphatic carbocycles. The van der Waals surface area contributed by atoms with E-state index in [1.807, 2.05) is 13.8 Å². The van der Waals surface area contributed by atoms with Gasteiger partial charge in [0.15, 0.2) is 0 Å². The molecule has 0 amide bonds. The van der Waals surface area contributed by atoms with Gasteiger partial charge in [-0.3, -0.25) is 4.79 Å². The van der Waals surface area contributed by atoms with Crippen molar-refractivity contribution < 1.29 is 13.9 Å². The second-order valence-corrected chi connectivity index (χ2v) is 5.03. The summed E-state index contributed by atoms with van der Waals surface area (Å²) in [5.41, 5.74) is 0.476. The molecule has 18 heavy (non-hydrogen) atoms. The zero-order chi connectivity index (χ0) is 13.8. The molecule has 0 aromatic heterocycles. The SMILES string of the molecule is COc1ccc(F)cc1C(C)(C)CNCC(C)=O. The van der Waals surface area contributed by atoms with Gasteiger partial charge in [-0.25, -0.2) is 4.39 Å². The lowest BCUT2D eigenvalue weighted by atomic mass is 9.83. The summed E-state index contributed by atoms with van der Waals surface area (Å²) in [6.45, 7) is 6.39. The van der Waals surface area contributed by atoms with Crippen molar-refractivity contribution in [2.75, 3.05) is 20.2 Å². The minimum atomic E-state index is -0.317. The zero-order valence-corrected chi connectivity index (χ0v) is 11.3. The number of rotatable bonds is 6. The smallest absolute Gasteiger partial charge is 0.143 e. The Morgan fingerprint density at radius 3 is 2.67 bits per heavy atom. The molecule has 1 aromatic carbocycles. The maximum atomic E-state index is 13.3. The van der Waals surface area contributed by atoms with Crippen molar-refractivity contribution in [3.8, 4) is 5.75 Å².